The Kier molecular flexibility index (Phi) is 4.22. The third-order valence-corrected chi connectivity index (χ3v) is 3.68. The van der Waals surface area contributed by atoms with E-state index in [0.717, 1.165) is 4.88 Å². The summed E-state index contributed by atoms with van der Waals surface area (Å²) in [5.41, 5.74) is 5.92. The lowest BCUT2D eigenvalue weighted by atomic mass is 10.1. The minimum atomic E-state index is -0.461. The third-order valence-electron chi connectivity index (χ3n) is 2.46. The minimum Gasteiger partial charge on any atom is -0.483 e. The molecule has 1 heterocycles. The number of ether oxygens (including phenoxy) is 1. The molecule has 2 unspecified atom stereocenters. The average Bonchev–Trinajstić information content (AvgIpc) is 2.83. The van der Waals surface area contributed by atoms with Gasteiger partial charge in [0, 0.05) is 17.0 Å². The summed E-state index contributed by atoms with van der Waals surface area (Å²) in [4.78, 5) is 1.03. The van der Waals surface area contributed by atoms with Crippen molar-refractivity contribution in [2.45, 2.75) is 19.1 Å². The van der Waals surface area contributed by atoms with Crippen LogP contribution < -0.4 is 10.5 Å². The molecule has 2 rings (SSSR count). The number of hydrogen-bond donors (Lipinski definition) is 1. The van der Waals surface area contributed by atoms with Gasteiger partial charge in [0.1, 0.15) is 17.7 Å². The SMILES string of the molecule is CC(N)C(Oc1ccc(F)c(Cl)c1)c1cccs1. The number of thiophene rings is 1. The van der Waals surface area contributed by atoms with Gasteiger partial charge in [-0.05, 0) is 30.5 Å². The molecule has 0 saturated heterocycles. The second kappa shape index (κ2) is 5.69. The predicted molar refractivity (Wildman–Crippen MR) is 72.7 cm³/mol. The zero-order valence-electron chi connectivity index (χ0n) is 9.77. The molecule has 0 bridgehead atoms. The van der Waals surface area contributed by atoms with Crippen LogP contribution in [0, 0.1) is 5.82 Å². The van der Waals surface area contributed by atoms with Crippen molar-refractivity contribution in [3.63, 3.8) is 0 Å². The molecule has 0 fully saturated rings. The molecule has 18 heavy (non-hydrogen) atoms. The summed E-state index contributed by atoms with van der Waals surface area (Å²) in [6, 6.07) is 8.02. The number of halogens is 2. The van der Waals surface area contributed by atoms with E-state index in [-0.39, 0.29) is 17.2 Å². The largest absolute Gasteiger partial charge is 0.483 e. The van der Waals surface area contributed by atoms with Crippen molar-refractivity contribution in [3.05, 3.63) is 51.4 Å². The van der Waals surface area contributed by atoms with E-state index >= 15 is 0 Å². The van der Waals surface area contributed by atoms with E-state index in [2.05, 4.69) is 0 Å². The van der Waals surface area contributed by atoms with E-state index in [4.69, 9.17) is 22.1 Å². The maximum absolute atomic E-state index is 13.1. The second-order valence-corrected chi connectivity index (χ2v) is 5.38. The van der Waals surface area contributed by atoms with Gasteiger partial charge < -0.3 is 10.5 Å². The molecule has 5 heteroatoms. The van der Waals surface area contributed by atoms with Crippen LogP contribution in [0.1, 0.15) is 17.9 Å². The molecule has 0 aliphatic rings. The minimum absolute atomic E-state index is 0.0436. The summed E-state index contributed by atoms with van der Waals surface area (Å²) in [5.74, 6) is 0.0505. The molecule has 1 aromatic heterocycles. The molecular formula is C13H13ClFNOS. The topological polar surface area (TPSA) is 35.2 Å². The molecule has 0 amide bonds. The van der Waals surface area contributed by atoms with Gasteiger partial charge in [-0.2, -0.15) is 0 Å². The van der Waals surface area contributed by atoms with Gasteiger partial charge in [0.05, 0.1) is 5.02 Å². The van der Waals surface area contributed by atoms with Gasteiger partial charge >= 0.3 is 0 Å². The molecule has 1 aromatic carbocycles. The van der Waals surface area contributed by atoms with E-state index in [9.17, 15) is 4.39 Å². The molecule has 2 N–H and O–H groups in total. The van der Waals surface area contributed by atoms with Gasteiger partial charge in [-0.3, -0.25) is 0 Å². The van der Waals surface area contributed by atoms with E-state index in [1.807, 2.05) is 24.4 Å². The average molecular weight is 286 g/mol. The van der Waals surface area contributed by atoms with E-state index in [1.54, 1.807) is 17.4 Å². The number of hydrogen-bond acceptors (Lipinski definition) is 3. The smallest absolute Gasteiger partial charge is 0.148 e. The monoisotopic (exact) mass is 285 g/mol. The molecule has 0 radical (unpaired) electrons. The molecule has 0 aliphatic carbocycles. The first-order valence-corrected chi connectivity index (χ1v) is 6.74. The predicted octanol–water partition coefficient (Wildman–Crippen LogP) is 4.01. The lowest BCUT2D eigenvalue weighted by Crippen LogP contribution is -2.28. The zero-order valence-corrected chi connectivity index (χ0v) is 11.3. The van der Waals surface area contributed by atoms with Crippen LogP contribution in [0.15, 0.2) is 35.7 Å². The van der Waals surface area contributed by atoms with Gasteiger partial charge in [-0.15, -0.1) is 11.3 Å². The van der Waals surface area contributed by atoms with Crippen LogP contribution >= 0.6 is 22.9 Å². The Hall–Kier alpha value is -1.10. The first-order chi connectivity index (χ1) is 8.58. The summed E-state index contributed by atoms with van der Waals surface area (Å²) >= 11 is 7.29. The Morgan fingerprint density at radius 1 is 1.39 bits per heavy atom. The highest BCUT2D eigenvalue weighted by atomic mass is 35.5. The van der Waals surface area contributed by atoms with Crippen molar-refractivity contribution in [3.8, 4) is 5.75 Å². The molecular weight excluding hydrogens is 273 g/mol. The van der Waals surface area contributed by atoms with Crippen molar-refractivity contribution in [1.29, 1.82) is 0 Å². The lowest BCUT2D eigenvalue weighted by molar-refractivity contribution is 0.184. The molecule has 2 nitrogen and oxygen atoms in total. The Morgan fingerprint density at radius 3 is 2.72 bits per heavy atom. The lowest BCUT2D eigenvalue weighted by Gasteiger charge is -2.21. The van der Waals surface area contributed by atoms with Crippen LogP contribution in [0.25, 0.3) is 0 Å². The van der Waals surface area contributed by atoms with Crippen molar-refractivity contribution in [2.75, 3.05) is 0 Å². The van der Waals surface area contributed by atoms with Gasteiger partial charge in [0.15, 0.2) is 0 Å². The van der Waals surface area contributed by atoms with Crippen molar-refractivity contribution in [1.82, 2.24) is 0 Å². The molecule has 0 spiro atoms. The number of rotatable bonds is 4. The summed E-state index contributed by atoms with van der Waals surface area (Å²) in [6.45, 7) is 1.87. The van der Waals surface area contributed by atoms with Crippen molar-refractivity contribution < 1.29 is 9.13 Å². The molecule has 0 saturated carbocycles. The fourth-order valence-electron chi connectivity index (χ4n) is 1.57. The highest BCUT2D eigenvalue weighted by Crippen LogP contribution is 2.29. The number of nitrogens with two attached hydrogens (primary N) is 1. The van der Waals surface area contributed by atoms with E-state index in [0.29, 0.717) is 5.75 Å². The summed E-state index contributed by atoms with van der Waals surface area (Å²) in [7, 11) is 0. The molecule has 0 aliphatic heterocycles. The standard InChI is InChI=1S/C13H13ClFNOS/c1-8(16)13(12-3-2-6-18-12)17-9-4-5-11(15)10(14)7-9/h2-8,13H,16H2,1H3. The molecule has 2 atom stereocenters. The first-order valence-electron chi connectivity index (χ1n) is 5.48. The van der Waals surface area contributed by atoms with Crippen LogP contribution in [0.2, 0.25) is 5.02 Å². The first kappa shape index (κ1) is 13.3. The van der Waals surface area contributed by atoms with Gasteiger partial charge in [0.2, 0.25) is 0 Å². The maximum atomic E-state index is 13.1. The Bertz CT molecular complexity index is 516. The van der Waals surface area contributed by atoms with Crippen LogP contribution in [-0.4, -0.2) is 6.04 Å². The highest BCUT2D eigenvalue weighted by molar-refractivity contribution is 7.10. The Morgan fingerprint density at radius 2 is 2.17 bits per heavy atom. The fraction of sp³-hybridized carbons (Fsp3) is 0.231. The fourth-order valence-corrected chi connectivity index (χ4v) is 2.61. The van der Waals surface area contributed by atoms with Crippen molar-refractivity contribution >= 4 is 22.9 Å². The van der Waals surface area contributed by atoms with E-state index < -0.39 is 5.82 Å². The van der Waals surface area contributed by atoms with Crippen LogP contribution in [0.5, 0.6) is 5.75 Å². The van der Waals surface area contributed by atoms with E-state index in [1.165, 1.54) is 12.1 Å². The zero-order chi connectivity index (χ0) is 13.1. The number of benzene rings is 1. The van der Waals surface area contributed by atoms with Crippen LogP contribution in [0.3, 0.4) is 0 Å². The normalized spacial score (nSPS) is 14.2. The van der Waals surface area contributed by atoms with Gasteiger partial charge in [-0.25, -0.2) is 4.39 Å². The third kappa shape index (κ3) is 3.02. The van der Waals surface area contributed by atoms with Crippen molar-refractivity contribution in [2.24, 2.45) is 5.73 Å². The van der Waals surface area contributed by atoms with Crippen LogP contribution in [-0.2, 0) is 0 Å². The summed E-state index contributed by atoms with van der Waals surface area (Å²) in [5, 5.41) is 2.01. The molecule has 2 aromatic rings. The maximum Gasteiger partial charge on any atom is 0.148 e. The second-order valence-electron chi connectivity index (χ2n) is 3.99. The highest BCUT2D eigenvalue weighted by Gasteiger charge is 2.19. The van der Waals surface area contributed by atoms with Gasteiger partial charge in [0.25, 0.3) is 0 Å². The quantitative estimate of drug-likeness (QED) is 0.921. The Balaban J connectivity index is 2.21. The summed E-state index contributed by atoms with van der Waals surface area (Å²) < 4.78 is 18.8. The Labute approximate surface area is 114 Å². The van der Waals surface area contributed by atoms with Crippen LogP contribution in [0.4, 0.5) is 4.39 Å². The van der Waals surface area contributed by atoms with Gasteiger partial charge in [-0.1, -0.05) is 17.7 Å². The summed E-state index contributed by atoms with van der Waals surface area (Å²) in [6.07, 6.45) is -0.258. The molecule has 96 valence electrons.